The average Bonchev–Trinajstić information content (AvgIpc) is 2.50. The summed E-state index contributed by atoms with van der Waals surface area (Å²) in [6, 6.07) is 5.89. The van der Waals surface area contributed by atoms with Crippen molar-refractivity contribution in [3.05, 3.63) is 29.3 Å². The number of amides is 2. The molecule has 1 rings (SSSR count). The average molecular weight is 290 g/mol. The molecule has 0 fully saturated rings. The molecule has 1 aromatic rings. The molecule has 0 aliphatic rings. The third-order valence-corrected chi connectivity index (χ3v) is 3.56. The lowest BCUT2D eigenvalue weighted by atomic mass is 10.0. The van der Waals surface area contributed by atoms with E-state index in [-0.39, 0.29) is 12.0 Å². The fourth-order valence-corrected chi connectivity index (χ4v) is 2.37. The molecule has 0 radical (unpaired) electrons. The molecular weight excluding hydrogens is 264 g/mol. The molecular formula is C16H26N4O. The summed E-state index contributed by atoms with van der Waals surface area (Å²) in [5.74, 6) is -0.242. The molecule has 0 heterocycles. The number of nitrogens with one attached hydrogen (secondary N) is 1. The van der Waals surface area contributed by atoms with Crippen LogP contribution in [0.5, 0.6) is 0 Å². The third kappa shape index (κ3) is 3.74. The Bertz CT molecular complexity index is 491. The van der Waals surface area contributed by atoms with Gasteiger partial charge in [0, 0.05) is 13.6 Å². The van der Waals surface area contributed by atoms with Gasteiger partial charge in [0.25, 0.3) is 0 Å². The maximum absolute atomic E-state index is 12.6. The van der Waals surface area contributed by atoms with Crippen LogP contribution >= 0.6 is 0 Å². The summed E-state index contributed by atoms with van der Waals surface area (Å²) in [6.07, 6.45) is 2.57. The molecule has 0 aliphatic carbocycles. The zero-order chi connectivity index (χ0) is 16.0. The Kier molecular flexibility index (Phi) is 6.21. The number of carbonyl (C=O) groups excluding carboxylic acids is 1. The van der Waals surface area contributed by atoms with E-state index >= 15 is 0 Å². The van der Waals surface area contributed by atoms with Crippen LogP contribution < -0.4 is 10.6 Å². The van der Waals surface area contributed by atoms with Crippen molar-refractivity contribution in [1.29, 1.82) is 5.41 Å². The fourth-order valence-electron chi connectivity index (χ4n) is 2.37. The number of carbonyl (C=O) groups is 1. The van der Waals surface area contributed by atoms with Crippen molar-refractivity contribution < 1.29 is 4.79 Å². The van der Waals surface area contributed by atoms with Crippen molar-refractivity contribution in [2.75, 3.05) is 18.5 Å². The number of para-hydroxylation sites is 1. The first-order chi connectivity index (χ1) is 9.97. The fraction of sp³-hybridized carbons (Fsp3) is 0.500. The number of hydrogen-bond acceptors (Lipinski definition) is 2. The van der Waals surface area contributed by atoms with Crippen LogP contribution in [-0.2, 0) is 12.8 Å². The predicted octanol–water partition coefficient (Wildman–Crippen LogP) is 2.97. The highest BCUT2D eigenvalue weighted by atomic mass is 16.2. The first-order valence-corrected chi connectivity index (χ1v) is 7.47. The second-order valence-electron chi connectivity index (χ2n) is 5.01. The number of aryl methyl sites for hydroxylation is 2. The van der Waals surface area contributed by atoms with E-state index in [1.165, 1.54) is 11.9 Å². The molecule has 0 bridgehead atoms. The Balaban J connectivity index is 3.34. The van der Waals surface area contributed by atoms with Gasteiger partial charge in [0.1, 0.15) is 0 Å². The minimum absolute atomic E-state index is 0.242. The molecule has 3 N–H and O–H groups in total. The highest BCUT2D eigenvalue weighted by Crippen LogP contribution is 2.28. The summed E-state index contributed by atoms with van der Waals surface area (Å²) in [5, 5.41) is 7.47. The van der Waals surface area contributed by atoms with Crippen LogP contribution in [0.3, 0.4) is 0 Å². The summed E-state index contributed by atoms with van der Waals surface area (Å²) < 4.78 is 0. The van der Waals surface area contributed by atoms with Gasteiger partial charge in [-0.05, 0) is 30.4 Å². The summed E-state index contributed by atoms with van der Waals surface area (Å²) in [4.78, 5) is 15.6. The molecule has 0 atom stereocenters. The van der Waals surface area contributed by atoms with Crippen molar-refractivity contribution in [2.24, 2.45) is 5.73 Å². The first-order valence-electron chi connectivity index (χ1n) is 7.47. The van der Waals surface area contributed by atoms with E-state index in [0.29, 0.717) is 6.54 Å². The largest absolute Gasteiger partial charge is 0.370 e. The van der Waals surface area contributed by atoms with Gasteiger partial charge in [-0.25, -0.2) is 4.79 Å². The maximum atomic E-state index is 12.6. The number of anilines is 1. The molecule has 2 amide bonds. The topological polar surface area (TPSA) is 73.4 Å². The van der Waals surface area contributed by atoms with E-state index in [1.807, 2.05) is 13.0 Å². The number of rotatable bonds is 5. The van der Waals surface area contributed by atoms with E-state index in [2.05, 4.69) is 26.0 Å². The van der Waals surface area contributed by atoms with Crippen LogP contribution in [-0.4, -0.2) is 30.5 Å². The minimum atomic E-state index is -0.250. The number of nitrogens with two attached hydrogens (primary N) is 1. The predicted molar refractivity (Wildman–Crippen MR) is 87.9 cm³/mol. The van der Waals surface area contributed by atoms with E-state index in [1.54, 1.807) is 4.90 Å². The normalized spacial score (nSPS) is 10.3. The van der Waals surface area contributed by atoms with Gasteiger partial charge in [-0.15, -0.1) is 0 Å². The van der Waals surface area contributed by atoms with Crippen LogP contribution in [0, 0.1) is 5.41 Å². The van der Waals surface area contributed by atoms with Gasteiger partial charge in [0.05, 0.1) is 5.69 Å². The minimum Gasteiger partial charge on any atom is -0.370 e. The molecule has 5 heteroatoms. The van der Waals surface area contributed by atoms with Crippen molar-refractivity contribution in [2.45, 2.75) is 40.0 Å². The smallest absolute Gasteiger partial charge is 0.331 e. The van der Waals surface area contributed by atoms with Gasteiger partial charge in [-0.1, -0.05) is 39.0 Å². The standard InChI is InChI=1S/C16H26N4O/c1-5-11-20(16(21)19(4)15(17)18)14-12(6-2)9-8-10-13(14)7-3/h8-10H,5-7,11H2,1-4H3,(H3,17,18). The maximum Gasteiger partial charge on any atom is 0.331 e. The van der Waals surface area contributed by atoms with E-state index in [9.17, 15) is 4.79 Å². The highest BCUT2D eigenvalue weighted by Gasteiger charge is 2.24. The molecule has 116 valence electrons. The number of guanidine groups is 1. The van der Waals surface area contributed by atoms with E-state index in [0.717, 1.165) is 36.1 Å². The Morgan fingerprint density at radius 3 is 2.10 bits per heavy atom. The van der Waals surface area contributed by atoms with Crippen LogP contribution in [0.1, 0.15) is 38.3 Å². The Morgan fingerprint density at radius 1 is 1.19 bits per heavy atom. The Labute approximate surface area is 127 Å². The lowest BCUT2D eigenvalue weighted by Gasteiger charge is -2.30. The number of urea groups is 1. The van der Waals surface area contributed by atoms with Gasteiger partial charge in [-0.3, -0.25) is 15.2 Å². The monoisotopic (exact) mass is 290 g/mol. The van der Waals surface area contributed by atoms with E-state index < -0.39 is 0 Å². The van der Waals surface area contributed by atoms with Gasteiger partial charge < -0.3 is 5.73 Å². The van der Waals surface area contributed by atoms with Crippen LogP contribution in [0.15, 0.2) is 18.2 Å². The van der Waals surface area contributed by atoms with Gasteiger partial charge >= 0.3 is 6.03 Å². The summed E-state index contributed by atoms with van der Waals surface area (Å²) in [7, 11) is 1.54. The molecule has 21 heavy (non-hydrogen) atoms. The van der Waals surface area contributed by atoms with Gasteiger partial charge in [0.2, 0.25) is 0 Å². The lowest BCUT2D eigenvalue weighted by Crippen LogP contribution is -2.47. The summed E-state index contributed by atoms with van der Waals surface area (Å²) >= 11 is 0. The lowest BCUT2D eigenvalue weighted by molar-refractivity contribution is 0.232. The highest BCUT2D eigenvalue weighted by molar-refractivity contribution is 6.03. The molecule has 1 aromatic carbocycles. The molecule has 0 saturated carbocycles. The zero-order valence-electron chi connectivity index (χ0n) is 13.4. The summed E-state index contributed by atoms with van der Waals surface area (Å²) in [5.41, 5.74) is 8.72. The second-order valence-corrected chi connectivity index (χ2v) is 5.01. The number of benzene rings is 1. The molecule has 0 spiro atoms. The Hall–Kier alpha value is -2.04. The summed E-state index contributed by atoms with van der Waals surface area (Å²) in [6.45, 7) is 6.82. The quantitative estimate of drug-likeness (QED) is 0.646. The van der Waals surface area contributed by atoms with Crippen molar-refractivity contribution >= 4 is 17.7 Å². The van der Waals surface area contributed by atoms with Crippen LogP contribution in [0.2, 0.25) is 0 Å². The first kappa shape index (κ1) is 17.0. The van der Waals surface area contributed by atoms with Crippen molar-refractivity contribution in [1.82, 2.24) is 4.90 Å². The molecule has 0 aromatic heterocycles. The van der Waals surface area contributed by atoms with Gasteiger partial charge in [-0.2, -0.15) is 0 Å². The molecule has 0 unspecified atom stereocenters. The Morgan fingerprint density at radius 2 is 1.71 bits per heavy atom. The van der Waals surface area contributed by atoms with Crippen LogP contribution in [0.25, 0.3) is 0 Å². The molecule has 0 aliphatic heterocycles. The SMILES string of the molecule is CCCN(C(=O)N(C)C(=N)N)c1c(CC)cccc1CC. The van der Waals surface area contributed by atoms with E-state index in [4.69, 9.17) is 11.1 Å². The number of nitrogens with zero attached hydrogens (tertiary/aromatic N) is 2. The zero-order valence-corrected chi connectivity index (χ0v) is 13.4. The van der Waals surface area contributed by atoms with Gasteiger partial charge in [0.15, 0.2) is 5.96 Å². The van der Waals surface area contributed by atoms with Crippen molar-refractivity contribution in [3.63, 3.8) is 0 Å². The second kappa shape index (κ2) is 7.67. The molecule has 0 saturated heterocycles. The third-order valence-electron chi connectivity index (χ3n) is 3.56. The molecule has 5 nitrogen and oxygen atoms in total. The van der Waals surface area contributed by atoms with Crippen LogP contribution in [0.4, 0.5) is 10.5 Å². The number of hydrogen-bond donors (Lipinski definition) is 2. The van der Waals surface area contributed by atoms with Crippen molar-refractivity contribution in [3.8, 4) is 0 Å².